The molecule has 7 heteroatoms. The number of esters is 1. The van der Waals surface area contributed by atoms with Crippen molar-refractivity contribution in [2.45, 2.75) is 26.2 Å². The number of amides is 1. The number of carbonyl (C=O) groups is 2. The Morgan fingerprint density at radius 3 is 3.00 bits per heavy atom. The van der Waals surface area contributed by atoms with Crippen LogP contribution in [-0.4, -0.2) is 34.2 Å². The topological polar surface area (TPSA) is 46.6 Å². The maximum absolute atomic E-state index is 12.3. The summed E-state index contributed by atoms with van der Waals surface area (Å²) in [5.41, 5.74) is 0. The Kier molecular flexibility index (Phi) is 6.60. The Hall–Kier alpha value is -1.18. The number of nitrogens with zero attached hydrogens (tertiary/aromatic N) is 1. The third kappa shape index (κ3) is 4.66. The highest BCUT2D eigenvalue weighted by molar-refractivity contribution is 8.26. The average molecular weight is 356 g/mol. The van der Waals surface area contributed by atoms with Gasteiger partial charge in [0.25, 0.3) is 5.91 Å². The maximum atomic E-state index is 12.3. The van der Waals surface area contributed by atoms with Gasteiger partial charge in [-0.2, -0.15) is 0 Å². The van der Waals surface area contributed by atoms with E-state index in [9.17, 15) is 9.59 Å². The molecule has 1 aromatic heterocycles. The molecule has 1 aromatic rings. The zero-order valence-electron chi connectivity index (χ0n) is 12.2. The van der Waals surface area contributed by atoms with Gasteiger partial charge in [0.15, 0.2) is 0 Å². The molecule has 22 heavy (non-hydrogen) atoms. The molecule has 1 saturated heterocycles. The first kappa shape index (κ1) is 17.2. The molecule has 2 heterocycles. The third-order valence-electron chi connectivity index (χ3n) is 2.92. The van der Waals surface area contributed by atoms with Gasteiger partial charge < -0.3 is 4.74 Å². The summed E-state index contributed by atoms with van der Waals surface area (Å²) >= 11 is 8.14. The lowest BCUT2D eigenvalue weighted by Gasteiger charge is -2.13. The highest BCUT2D eigenvalue weighted by Gasteiger charge is 2.31. The van der Waals surface area contributed by atoms with E-state index in [1.165, 1.54) is 11.8 Å². The van der Waals surface area contributed by atoms with E-state index < -0.39 is 0 Å². The van der Waals surface area contributed by atoms with Gasteiger partial charge in [0, 0.05) is 17.8 Å². The quantitative estimate of drug-likeness (QED) is 0.424. The van der Waals surface area contributed by atoms with Crippen molar-refractivity contribution < 1.29 is 14.3 Å². The van der Waals surface area contributed by atoms with Gasteiger partial charge in [-0.15, -0.1) is 11.3 Å². The van der Waals surface area contributed by atoms with E-state index in [1.807, 2.05) is 30.5 Å². The van der Waals surface area contributed by atoms with Gasteiger partial charge in [0.1, 0.15) is 4.32 Å². The highest BCUT2D eigenvalue weighted by atomic mass is 32.2. The van der Waals surface area contributed by atoms with Crippen LogP contribution < -0.4 is 0 Å². The molecule has 0 N–H and O–H groups in total. The van der Waals surface area contributed by atoms with Crippen LogP contribution in [0.25, 0.3) is 6.08 Å². The second-order valence-corrected chi connectivity index (χ2v) is 7.33. The largest absolute Gasteiger partial charge is 0.466 e. The number of ether oxygens (including phenoxy) is 1. The van der Waals surface area contributed by atoms with Crippen molar-refractivity contribution in [2.75, 3.05) is 13.2 Å². The number of thiophene rings is 1. The van der Waals surface area contributed by atoms with Crippen molar-refractivity contribution >= 4 is 57.6 Å². The first-order valence-corrected chi connectivity index (χ1v) is 9.16. The SMILES string of the molecule is CCCOC(=O)CCCN1C(=O)/C(=C\c2cccs2)SC1=S. The van der Waals surface area contributed by atoms with Crippen molar-refractivity contribution in [1.29, 1.82) is 0 Å². The molecule has 0 aromatic carbocycles. The van der Waals surface area contributed by atoms with Crippen molar-refractivity contribution in [1.82, 2.24) is 4.90 Å². The van der Waals surface area contributed by atoms with E-state index in [0.29, 0.717) is 35.2 Å². The number of hydrogen-bond donors (Lipinski definition) is 0. The Morgan fingerprint density at radius 1 is 1.50 bits per heavy atom. The summed E-state index contributed by atoms with van der Waals surface area (Å²) in [4.78, 5) is 27.0. The Morgan fingerprint density at radius 2 is 2.32 bits per heavy atom. The van der Waals surface area contributed by atoms with Gasteiger partial charge in [-0.1, -0.05) is 37.0 Å². The van der Waals surface area contributed by atoms with Crippen molar-refractivity contribution in [3.63, 3.8) is 0 Å². The molecule has 2 rings (SSSR count). The molecule has 0 bridgehead atoms. The minimum absolute atomic E-state index is 0.0784. The summed E-state index contributed by atoms with van der Waals surface area (Å²) in [5, 5.41) is 1.97. The molecule has 0 spiro atoms. The fourth-order valence-corrected chi connectivity index (χ4v) is 3.90. The third-order valence-corrected chi connectivity index (χ3v) is 5.12. The zero-order valence-corrected chi connectivity index (χ0v) is 14.7. The van der Waals surface area contributed by atoms with Crippen LogP contribution in [0.1, 0.15) is 31.1 Å². The average Bonchev–Trinajstić information content (AvgIpc) is 3.09. The second kappa shape index (κ2) is 8.45. The van der Waals surface area contributed by atoms with Crippen molar-refractivity contribution in [2.24, 2.45) is 0 Å². The van der Waals surface area contributed by atoms with Crippen LogP contribution in [-0.2, 0) is 14.3 Å². The van der Waals surface area contributed by atoms with Gasteiger partial charge in [0.05, 0.1) is 11.5 Å². The molecule has 0 saturated carbocycles. The monoisotopic (exact) mass is 355 g/mol. The summed E-state index contributed by atoms with van der Waals surface area (Å²) in [6, 6.07) is 3.90. The minimum Gasteiger partial charge on any atom is -0.466 e. The van der Waals surface area contributed by atoms with E-state index in [0.717, 1.165) is 11.3 Å². The highest BCUT2D eigenvalue weighted by Crippen LogP contribution is 2.33. The molecule has 1 fully saturated rings. The second-order valence-electron chi connectivity index (χ2n) is 4.67. The molecule has 4 nitrogen and oxygen atoms in total. The smallest absolute Gasteiger partial charge is 0.305 e. The van der Waals surface area contributed by atoms with E-state index >= 15 is 0 Å². The van der Waals surface area contributed by atoms with Gasteiger partial charge in [0.2, 0.25) is 0 Å². The fourth-order valence-electron chi connectivity index (χ4n) is 1.86. The van der Waals surface area contributed by atoms with Gasteiger partial charge in [-0.25, -0.2) is 0 Å². The lowest BCUT2D eigenvalue weighted by Crippen LogP contribution is -2.29. The molecule has 118 valence electrons. The number of hydrogen-bond acceptors (Lipinski definition) is 6. The molecule has 1 aliphatic rings. The van der Waals surface area contributed by atoms with Crippen LogP contribution in [0.15, 0.2) is 22.4 Å². The van der Waals surface area contributed by atoms with E-state index in [-0.39, 0.29) is 11.9 Å². The van der Waals surface area contributed by atoms with Crippen LogP contribution in [0.3, 0.4) is 0 Å². The van der Waals surface area contributed by atoms with E-state index in [4.69, 9.17) is 17.0 Å². The predicted molar refractivity (Wildman–Crippen MR) is 94.7 cm³/mol. The normalized spacial score (nSPS) is 16.6. The van der Waals surface area contributed by atoms with Crippen LogP contribution in [0.4, 0.5) is 0 Å². The maximum Gasteiger partial charge on any atom is 0.305 e. The minimum atomic E-state index is -0.221. The number of carbonyl (C=O) groups excluding carboxylic acids is 2. The molecule has 0 aliphatic carbocycles. The Balaban J connectivity index is 1.86. The molecule has 0 radical (unpaired) electrons. The summed E-state index contributed by atoms with van der Waals surface area (Å²) in [6.07, 6.45) is 3.54. The van der Waals surface area contributed by atoms with Crippen LogP contribution in [0, 0.1) is 0 Å². The number of thioether (sulfide) groups is 1. The Bertz CT molecular complexity index is 581. The van der Waals surface area contributed by atoms with Crippen LogP contribution in [0.5, 0.6) is 0 Å². The van der Waals surface area contributed by atoms with Crippen LogP contribution in [0.2, 0.25) is 0 Å². The van der Waals surface area contributed by atoms with E-state index in [2.05, 4.69) is 0 Å². The number of thiocarbonyl (C=S) groups is 1. The van der Waals surface area contributed by atoms with Crippen molar-refractivity contribution in [3.05, 3.63) is 27.3 Å². The van der Waals surface area contributed by atoms with E-state index in [1.54, 1.807) is 16.2 Å². The molecular weight excluding hydrogens is 338 g/mol. The summed E-state index contributed by atoms with van der Waals surface area (Å²) in [6.45, 7) is 2.85. The summed E-state index contributed by atoms with van der Waals surface area (Å²) in [7, 11) is 0. The van der Waals surface area contributed by atoms with Crippen LogP contribution >= 0.6 is 35.3 Å². The molecule has 0 atom stereocenters. The lowest BCUT2D eigenvalue weighted by atomic mass is 10.3. The first-order chi connectivity index (χ1) is 10.6. The number of rotatable bonds is 7. The first-order valence-electron chi connectivity index (χ1n) is 7.06. The Labute approximate surface area is 143 Å². The molecule has 0 unspecified atom stereocenters. The molecular formula is C15H17NO3S3. The summed E-state index contributed by atoms with van der Waals surface area (Å²) < 4.78 is 5.56. The fraction of sp³-hybridized carbons (Fsp3) is 0.400. The summed E-state index contributed by atoms with van der Waals surface area (Å²) in [5.74, 6) is -0.299. The van der Waals surface area contributed by atoms with Crippen molar-refractivity contribution in [3.8, 4) is 0 Å². The lowest BCUT2D eigenvalue weighted by molar-refractivity contribution is -0.144. The zero-order chi connectivity index (χ0) is 15.9. The van der Waals surface area contributed by atoms with Gasteiger partial charge in [-0.3, -0.25) is 14.5 Å². The van der Waals surface area contributed by atoms with Gasteiger partial charge >= 0.3 is 5.97 Å². The standard InChI is InChI=1S/C15H17NO3S3/c1-2-8-19-13(17)6-3-7-16-14(18)12(22-15(16)20)10-11-5-4-9-21-11/h4-5,9-10H,2-3,6-8H2,1H3/b12-10+. The predicted octanol–water partition coefficient (Wildman–Crippen LogP) is 3.68. The molecule has 1 aliphatic heterocycles. The van der Waals surface area contributed by atoms with Gasteiger partial charge in [-0.05, 0) is 30.4 Å². The molecule has 1 amide bonds.